The average molecular weight is 407 g/mol. The molecule has 0 aliphatic carbocycles. The van der Waals surface area contributed by atoms with Crippen molar-refractivity contribution in [1.29, 1.82) is 0 Å². The highest BCUT2D eigenvalue weighted by molar-refractivity contribution is 7.99. The van der Waals surface area contributed by atoms with Gasteiger partial charge in [-0.3, -0.25) is 9.59 Å². The number of benzene rings is 3. The van der Waals surface area contributed by atoms with Crippen LogP contribution >= 0.6 is 11.8 Å². The second kappa shape index (κ2) is 10.3. The first-order valence-electron chi connectivity index (χ1n) is 9.04. The van der Waals surface area contributed by atoms with E-state index in [0.29, 0.717) is 11.4 Å². The highest BCUT2D eigenvalue weighted by Crippen LogP contribution is 2.33. The molecule has 0 atom stereocenters. The van der Waals surface area contributed by atoms with Gasteiger partial charge in [0.25, 0.3) is 5.91 Å². The van der Waals surface area contributed by atoms with Crippen molar-refractivity contribution in [2.75, 3.05) is 19.0 Å². The summed E-state index contributed by atoms with van der Waals surface area (Å²) in [5.74, 6) is -0.125. The molecule has 0 fully saturated rings. The molecule has 5 nitrogen and oxygen atoms in total. The summed E-state index contributed by atoms with van der Waals surface area (Å²) in [5, 5.41) is 2.81. The van der Waals surface area contributed by atoms with Crippen molar-refractivity contribution in [3.63, 3.8) is 0 Å². The van der Waals surface area contributed by atoms with Gasteiger partial charge in [-0.25, -0.2) is 0 Å². The zero-order valence-corrected chi connectivity index (χ0v) is 16.8. The van der Waals surface area contributed by atoms with Gasteiger partial charge in [0.15, 0.2) is 6.61 Å². The molecule has 0 saturated carbocycles. The lowest BCUT2D eigenvalue weighted by Crippen LogP contribution is -2.21. The Balaban J connectivity index is 1.52. The second-order valence-electron chi connectivity index (χ2n) is 6.14. The summed E-state index contributed by atoms with van der Waals surface area (Å²) in [5.41, 5.74) is 1.47. The van der Waals surface area contributed by atoms with E-state index in [9.17, 15) is 9.59 Å². The summed E-state index contributed by atoms with van der Waals surface area (Å²) >= 11 is 1.55. The van der Waals surface area contributed by atoms with Crippen molar-refractivity contribution in [2.45, 2.75) is 16.2 Å². The normalized spacial score (nSPS) is 10.2. The molecule has 3 aromatic rings. The molecular weight excluding hydrogens is 386 g/mol. The van der Waals surface area contributed by atoms with Gasteiger partial charge in [-0.1, -0.05) is 54.2 Å². The molecule has 0 spiro atoms. The van der Waals surface area contributed by atoms with Gasteiger partial charge in [0.1, 0.15) is 5.75 Å². The van der Waals surface area contributed by atoms with Crippen molar-refractivity contribution in [3.8, 4) is 5.75 Å². The Kier molecular flexibility index (Phi) is 7.30. The van der Waals surface area contributed by atoms with Crippen molar-refractivity contribution in [3.05, 3.63) is 84.4 Å². The van der Waals surface area contributed by atoms with E-state index in [0.717, 1.165) is 15.4 Å². The molecule has 0 aromatic heterocycles. The van der Waals surface area contributed by atoms with E-state index < -0.39 is 5.97 Å². The standard InChI is InChI=1S/C23H21NO4S/c1-27-18-13-11-17(12-14-18)15-23(26)28-16-22(25)24-20-9-5-6-10-21(20)29-19-7-3-2-4-8-19/h2-14H,15-16H2,1H3,(H,24,25). The van der Waals surface area contributed by atoms with E-state index in [-0.39, 0.29) is 18.9 Å². The maximum atomic E-state index is 12.2. The summed E-state index contributed by atoms with van der Waals surface area (Å²) in [6.07, 6.45) is 0.0950. The Labute approximate surface area is 174 Å². The molecular formula is C23H21NO4S. The van der Waals surface area contributed by atoms with Crippen LogP contribution in [0.3, 0.4) is 0 Å². The number of rotatable bonds is 8. The van der Waals surface area contributed by atoms with E-state index in [1.165, 1.54) is 0 Å². The fraction of sp³-hybridized carbons (Fsp3) is 0.130. The number of amides is 1. The molecule has 0 saturated heterocycles. The Morgan fingerprint density at radius 3 is 2.31 bits per heavy atom. The fourth-order valence-electron chi connectivity index (χ4n) is 2.57. The van der Waals surface area contributed by atoms with E-state index in [1.807, 2.05) is 54.6 Å². The summed E-state index contributed by atoms with van der Waals surface area (Å²) in [4.78, 5) is 26.2. The predicted octanol–water partition coefficient (Wildman–Crippen LogP) is 4.57. The molecule has 1 amide bonds. The number of ether oxygens (including phenoxy) is 2. The molecule has 1 N–H and O–H groups in total. The molecule has 0 radical (unpaired) electrons. The Morgan fingerprint density at radius 1 is 0.897 bits per heavy atom. The Morgan fingerprint density at radius 2 is 1.59 bits per heavy atom. The first-order valence-corrected chi connectivity index (χ1v) is 9.86. The topological polar surface area (TPSA) is 64.6 Å². The SMILES string of the molecule is COc1ccc(CC(=O)OCC(=O)Nc2ccccc2Sc2ccccc2)cc1. The summed E-state index contributed by atoms with van der Waals surface area (Å²) in [7, 11) is 1.58. The van der Waals surface area contributed by atoms with Crippen LogP contribution in [0.15, 0.2) is 88.7 Å². The van der Waals surface area contributed by atoms with Crippen molar-refractivity contribution in [1.82, 2.24) is 0 Å². The number of para-hydroxylation sites is 1. The van der Waals surface area contributed by atoms with Crippen LogP contribution in [-0.4, -0.2) is 25.6 Å². The lowest BCUT2D eigenvalue weighted by Gasteiger charge is -2.11. The van der Waals surface area contributed by atoms with Gasteiger partial charge in [0.05, 0.1) is 19.2 Å². The highest BCUT2D eigenvalue weighted by atomic mass is 32.2. The third kappa shape index (κ3) is 6.40. The van der Waals surface area contributed by atoms with Gasteiger partial charge < -0.3 is 14.8 Å². The summed E-state index contributed by atoms with van der Waals surface area (Å²) in [6, 6.07) is 24.5. The lowest BCUT2D eigenvalue weighted by atomic mass is 10.1. The zero-order chi connectivity index (χ0) is 20.5. The maximum Gasteiger partial charge on any atom is 0.310 e. The molecule has 148 valence electrons. The maximum absolute atomic E-state index is 12.2. The Bertz CT molecular complexity index is 958. The van der Waals surface area contributed by atoms with Gasteiger partial charge >= 0.3 is 5.97 Å². The summed E-state index contributed by atoms with van der Waals surface area (Å²) in [6.45, 7) is -0.334. The third-order valence-corrected chi connectivity index (χ3v) is 5.09. The van der Waals surface area contributed by atoms with Crippen LogP contribution in [0.1, 0.15) is 5.56 Å². The number of hydrogen-bond acceptors (Lipinski definition) is 5. The van der Waals surface area contributed by atoms with Gasteiger partial charge in [0, 0.05) is 9.79 Å². The number of hydrogen-bond donors (Lipinski definition) is 1. The van der Waals surface area contributed by atoms with Gasteiger partial charge in [-0.15, -0.1) is 0 Å². The number of anilines is 1. The molecule has 0 aliphatic heterocycles. The number of nitrogens with one attached hydrogen (secondary N) is 1. The van der Waals surface area contributed by atoms with E-state index in [1.54, 1.807) is 43.1 Å². The number of carbonyl (C=O) groups excluding carboxylic acids is 2. The van der Waals surface area contributed by atoms with Gasteiger partial charge in [-0.05, 0) is 42.0 Å². The molecule has 0 unspecified atom stereocenters. The minimum atomic E-state index is -0.461. The van der Waals surface area contributed by atoms with E-state index in [2.05, 4.69) is 5.32 Å². The minimum Gasteiger partial charge on any atom is -0.497 e. The first-order chi connectivity index (χ1) is 14.1. The van der Waals surface area contributed by atoms with Crippen LogP contribution in [0.4, 0.5) is 5.69 Å². The van der Waals surface area contributed by atoms with E-state index in [4.69, 9.17) is 9.47 Å². The molecule has 0 heterocycles. The average Bonchev–Trinajstić information content (AvgIpc) is 2.75. The van der Waals surface area contributed by atoms with Crippen LogP contribution < -0.4 is 10.1 Å². The number of methoxy groups -OCH3 is 1. The van der Waals surface area contributed by atoms with Crippen LogP contribution in [0, 0.1) is 0 Å². The number of carbonyl (C=O) groups is 2. The van der Waals surface area contributed by atoms with Crippen molar-refractivity contribution >= 4 is 29.3 Å². The largest absolute Gasteiger partial charge is 0.497 e. The molecule has 6 heteroatoms. The lowest BCUT2D eigenvalue weighted by molar-refractivity contribution is -0.146. The van der Waals surface area contributed by atoms with Crippen molar-refractivity contribution in [2.24, 2.45) is 0 Å². The smallest absolute Gasteiger partial charge is 0.310 e. The quantitative estimate of drug-likeness (QED) is 0.554. The fourth-order valence-corrected chi connectivity index (χ4v) is 3.49. The third-order valence-electron chi connectivity index (χ3n) is 4.00. The Hall–Kier alpha value is -3.25. The molecule has 3 aromatic carbocycles. The van der Waals surface area contributed by atoms with Crippen LogP contribution in [0.25, 0.3) is 0 Å². The minimum absolute atomic E-state index is 0.0950. The molecule has 0 aliphatic rings. The predicted molar refractivity (Wildman–Crippen MR) is 113 cm³/mol. The van der Waals surface area contributed by atoms with Gasteiger partial charge in [0.2, 0.25) is 0 Å². The van der Waals surface area contributed by atoms with Crippen LogP contribution in [0.2, 0.25) is 0 Å². The van der Waals surface area contributed by atoms with Crippen LogP contribution in [-0.2, 0) is 20.7 Å². The second-order valence-corrected chi connectivity index (χ2v) is 7.26. The monoisotopic (exact) mass is 407 g/mol. The van der Waals surface area contributed by atoms with E-state index >= 15 is 0 Å². The van der Waals surface area contributed by atoms with Crippen molar-refractivity contribution < 1.29 is 19.1 Å². The number of esters is 1. The summed E-state index contributed by atoms with van der Waals surface area (Å²) < 4.78 is 10.2. The van der Waals surface area contributed by atoms with Gasteiger partial charge in [-0.2, -0.15) is 0 Å². The molecule has 0 bridgehead atoms. The van der Waals surface area contributed by atoms with Crippen LogP contribution in [0.5, 0.6) is 5.75 Å². The molecule has 3 rings (SSSR count). The first kappa shape index (κ1) is 20.5. The molecule has 29 heavy (non-hydrogen) atoms. The zero-order valence-electron chi connectivity index (χ0n) is 16.0. The highest BCUT2D eigenvalue weighted by Gasteiger charge is 2.11.